The SMILES string of the molecule is COc1ccc2c(c1)-c1nn(CCCN(C)C)c3ccc(C(=O)NCCN(C)C)c(c13)N2. The van der Waals surface area contributed by atoms with Crippen molar-refractivity contribution in [2.45, 2.75) is 13.0 Å². The first-order chi connectivity index (χ1) is 15.4. The molecule has 4 rings (SSSR count). The number of anilines is 2. The summed E-state index contributed by atoms with van der Waals surface area (Å²) in [6.07, 6.45) is 0.990. The molecule has 8 nitrogen and oxygen atoms in total. The van der Waals surface area contributed by atoms with E-state index in [1.165, 1.54) is 0 Å². The molecule has 0 bridgehead atoms. The molecule has 2 N–H and O–H groups in total. The summed E-state index contributed by atoms with van der Waals surface area (Å²) < 4.78 is 7.51. The Kier molecular flexibility index (Phi) is 6.34. The van der Waals surface area contributed by atoms with Crippen LogP contribution in [-0.2, 0) is 6.54 Å². The molecule has 32 heavy (non-hydrogen) atoms. The summed E-state index contributed by atoms with van der Waals surface area (Å²) in [6, 6.07) is 9.81. The summed E-state index contributed by atoms with van der Waals surface area (Å²) in [5.74, 6) is 0.696. The quantitative estimate of drug-likeness (QED) is 0.420. The van der Waals surface area contributed by atoms with Crippen molar-refractivity contribution in [2.75, 3.05) is 60.3 Å². The van der Waals surface area contributed by atoms with Gasteiger partial charge in [-0.2, -0.15) is 5.10 Å². The molecular formula is C24H32N6O2. The summed E-state index contributed by atoms with van der Waals surface area (Å²) in [5.41, 5.74) is 5.27. The van der Waals surface area contributed by atoms with E-state index in [1.807, 2.05) is 49.3 Å². The van der Waals surface area contributed by atoms with Gasteiger partial charge in [0.25, 0.3) is 5.91 Å². The van der Waals surface area contributed by atoms with Gasteiger partial charge in [-0.15, -0.1) is 0 Å². The Labute approximate surface area is 189 Å². The lowest BCUT2D eigenvalue weighted by molar-refractivity contribution is 0.0952. The summed E-state index contributed by atoms with van der Waals surface area (Å²) in [5, 5.41) is 12.5. The number of ether oxygens (including phenoxy) is 1. The van der Waals surface area contributed by atoms with Gasteiger partial charge in [0.1, 0.15) is 11.4 Å². The summed E-state index contributed by atoms with van der Waals surface area (Å²) in [7, 11) is 9.80. The third kappa shape index (κ3) is 4.28. The van der Waals surface area contributed by atoms with E-state index >= 15 is 0 Å². The van der Waals surface area contributed by atoms with Crippen LogP contribution in [0.2, 0.25) is 0 Å². The van der Waals surface area contributed by atoms with Crippen LogP contribution in [0.5, 0.6) is 5.75 Å². The molecule has 0 atom stereocenters. The molecule has 0 radical (unpaired) electrons. The molecule has 1 aliphatic rings. The molecule has 170 valence electrons. The average molecular weight is 437 g/mol. The van der Waals surface area contributed by atoms with E-state index < -0.39 is 0 Å². The number of aryl methyl sites for hydroxylation is 1. The highest BCUT2D eigenvalue weighted by atomic mass is 16.5. The van der Waals surface area contributed by atoms with Gasteiger partial charge in [-0.3, -0.25) is 9.48 Å². The summed E-state index contributed by atoms with van der Waals surface area (Å²) in [6.45, 7) is 3.17. The fraction of sp³-hybridized carbons (Fsp3) is 0.417. The highest BCUT2D eigenvalue weighted by Gasteiger charge is 2.27. The number of hydrogen-bond donors (Lipinski definition) is 2. The van der Waals surface area contributed by atoms with Crippen molar-refractivity contribution in [2.24, 2.45) is 0 Å². The molecule has 1 amide bonds. The zero-order chi connectivity index (χ0) is 22.8. The lowest BCUT2D eigenvalue weighted by Crippen LogP contribution is -2.31. The topological polar surface area (TPSA) is 74.7 Å². The van der Waals surface area contributed by atoms with Crippen molar-refractivity contribution in [1.82, 2.24) is 24.9 Å². The van der Waals surface area contributed by atoms with Gasteiger partial charge in [0.05, 0.1) is 29.3 Å². The number of carbonyl (C=O) groups excluding carboxylic acids is 1. The molecule has 0 fully saturated rings. The molecule has 0 saturated heterocycles. The minimum absolute atomic E-state index is 0.0838. The summed E-state index contributed by atoms with van der Waals surface area (Å²) in [4.78, 5) is 17.3. The van der Waals surface area contributed by atoms with Crippen molar-refractivity contribution in [3.05, 3.63) is 35.9 Å². The van der Waals surface area contributed by atoms with E-state index in [-0.39, 0.29) is 5.91 Å². The lowest BCUT2D eigenvalue weighted by atomic mass is 9.97. The van der Waals surface area contributed by atoms with Gasteiger partial charge in [-0.1, -0.05) is 0 Å². The normalized spacial score (nSPS) is 12.2. The zero-order valence-electron chi connectivity index (χ0n) is 19.5. The van der Waals surface area contributed by atoms with Crippen LogP contribution in [0, 0.1) is 0 Å². The third-order valence-electron chi connectivity index (χ3n) is 5.72. The van der Waals surface area contributed by atoms with Crippen molar-refractivity contribution in [3.63, 3.8) is 0 Å². The Bertz CT molecular complexity index is 1140. The molecule has 8 heteroatoms. The fourth-order valence-electron chi connectivity index (χ4n) is 4.06. The molecular weight excluding hydrogens is 404 g/mol. The minimum Gasteiger partial charge on any atom is -0.497 e. The second-order valence-electron chi connectivity index (χ2n) is 8.71. The van der Waals surface area contributed by atoms with Gasteiger partial charge in [-0.25, -0.2) is 0 Å². The highest BCUT2D eigenvalue weighted by molar-refractivity contribution is 6.16. The number of amides is 1. The Hall–Kier alpha value is -3.10. The fourth-order valence-corrected chi connectivity index (χ4v) is 4.06. The van der Waals surface area contributed by atoms with Crippen LogP contribution in [0.4, 0.5) is 11.4 Å². The molecule has 0 unspecified atom stereocenters. The van der Waals surface area contributed by atoms with Gasteiger partial charge in [0.2, 0.25) is 0 Å². The molecule has 3 aromatic rings. The molecule has 0 saturated carbocycles. The number of rotatable bonds is 9. The van der Waals surface area contributed by atoms with Crippen LogP contribution < -0.4 is 15.4 Å². The Balaban J connectivity index is 1.78. The van der Waals surface area contributed by atoms with E-state index in [9.17, 15) is 4.79 Å². The van der Waals surface area contributed by atoms with Crippen LogP contribution >= 0.6 is 0 Å². The number of aromatic nitrogens is 2. The van der Waals surface area contributed by atoms with Crippen LogP contribution in [0.1, 0.15) is 16.8 Å². The number of benzene rings is 2. The molecule has 0 spiro atoms. The van der Waals surface area contributed by atoms with Crippen molar-refractivity contribution in [1.29, 1.82) is 0 Å². The maximum atomic E-state index is 13.0. The average Bonchev–Trinajstić information content (AvgIpc) is 3.13. The van der Waals surface area contributed by atoms with Gasteiger partial charge in [-0.05, 0) is 71.5 Å². The Morgan fingerprint density at radius 2 is 1.91 bits per heavy atom. The molecule has 0 aliphatic carbocycles. The Morgan fingerprint density at radius 1 is 1.12 bits per heavy atom. The van der Waals surface area contributed by atoms with Crippen molar-refractivity contribution < 1.29 is 9.53 Å². The first-order valence-electron chi connectivity index (χ1n) is 11.0. The Morgan fingerprint density at radius 3 is 2.62 bits per heavy atom. The molecule has 1 aromatic heterocycles. The number of hydrogen-bond acceptors (Lipinski definition) is 6. The van der Waals surface area contributed by atoms with Crippen LogP contribution in [0.3, 0.4) is 0 Å². The van der Waals surface area contributed by atoms with E-state index in [4.69, 9.17) is 9.84 Å². The minimum atomic E-state index is -0.0838. The summed E-state index contributed by atoms with van der Waals surface area (Å²) >= 11 is 0. The number of likely N-dealkylation sites (N-methyl/N-ethyl adjacent to an activating group) is 1. The highest BCUT2D eigenvalue weighted by Crippen LogP contribution is 2.46. The maximum absolute atomic E-state index is 13.0. The number of carbonyl (C=O) groups is 1. The lowest BCUT2D eigenvalue weighted by Gasteiger charge is -2.21. The van der Waals surface area contributed by atoms with Gasteiger partial charge in [0, 0.05) is 30.9 Å². The molecule has 1 aliphatic heterocycles. The number of nitrogens with one attached hydrogen (secondary N) is 2. The second kappa shape index (κ2) is 9.18. The number of methoxy groups -OCH3 is 1. The first kappa shape index (κ1) is 22.1. The number of fused-ring (bicyclic) bond motifs is 2. The maximum Gasteiger partial charge on any atom is 0.253 e. The van der Waals surface area contributed by atoms with Crippen LogP contribution in [-0.4, -0.2) is 80.4 Å². The van der Waals surface area contributed by atoms with Crippen LogP contribution in [0.15, 0.2) is 30.3 Å². The standard InChI is InChI=1S/C24H32N6O2/c1-28(2)12-6-13-30-20-10-8-17(24(31)25-11-14-29(3)4)22-21(20)23(27-30)18-15-16(32-5)7-9-19(18)26-22/h7-10,15,26H,6,11-14H2,1-5H3,(H,25,31). The molecule has 2 heterocycles. The molecule has 2 aromatic carbocycles. The second-order valence-corrected chi connectivity index (χ2v) is 8.71. The predicted octanol–water partition coefficient (Wildman–Crippen LogP) is 3.01. The van der Waals surface area contributed by atoms with E-state index in [1.54, 1.807) is 7.11 Å². The predicted molar refractivity (Wildman–Crippen MR) is 129 cm³/mol. The van der Waals surface area contributed by atoms with E-state index in [2.05, 4.69) is 34.3 Å². The zero-order valence-corrected chi connectivity index (χ0v) is 19.5. The first-order valence-corrected chi connectivity index (χ1v) is 11.0. The smallest absolute Gasteiger partial charge is 0.253 e. The third-order valence-corrected chi connectivity index (χ3v) is 5.72. The number of nitrogens with zero attached hydrogens (tertiary/aromatic N) is 4. The van der Waals surface area contributed by atoms with Crippen LogP contribution in [0.25, 0.3) is 22.2 Å². The van der Waals surface area contributed by atoms with Gasteiger partial charge in [0.15, 0.2) is 0 Å². The monoisotopic (exact) mass is 436 g/mol. The van der Waals surface area contributed by atoms with Crippen molar-refractivity contribution >= 4 is 28.2 Å². The van der Waals surface area contributed by atoms with Gasteiger partial charge < -0.3 is 25.2 Å². The van der Waals surface area contributed by atoms with E-state index in [0.29, 0.717) is 12.1 Å². The largest absolute Gasteiger partial charge is 0.497 e. The van der Waals surface area contributed by atoms with Gasteiger partial charge >= 0.3 is 0 Å². The van der Waals surface area contributed by atoms with Crippen molar-refractivity contribution in [3.8, 4) is 17.0 Å². The van der Waals surface area contributed by atoms with E-state index in [0.717, 1.165) is 65.3 Å².